The van der Waals surface area contributed by atoms with Crippen molar-refractivity contribution in [3.63, 3.8) is 0 Å². The lowest BCUT2D eigenvalue weighted by Crippen LogP contribution is -2.38. The van der Waals surface area contributed by atoms with E-state index in [0.717, 1.165) is 42.3 Å². The molecule has 7 heteroatoms. The van der Waals surface area contributed by atoms with Crippen LogP contribution in [0.5, 0.6) is 5.75 Å². The fourth-order valence-electron chi connectivity index (χ4n) is 2.66. The maximum Gasteiger partial charge on any atom is 0.191 e. The molecule has 0 aliphatic heterocycles. The lowest BCUT2D eigenvalue weighted by Gasteiger charge is -2.12. The molecule has 0 saturated heterocycles. The summed E-state index contributed by atoms with van der Waals surface area (Å²) >= 11 is 0. The Morgan fingerprint density at radius 1 is 1.07 bits per heavy atom. The highest BCUT2D eigenvalue weighted by Crippen LogP contribution is 2.17. The van der Waals surface area contributed by atoms with Crippen LogP contribution in [0.4, 0.5) is 0 Å². The smallest absolute Gasteiger partial charge is 0.191 e. The average Bonchev–Trinajstić information content (AvgIpc) is 2.69. The Morgan fingerprint density at radius 2 is 1.79 bits per heavy atom. The highest BCUT2D eigenvalue weighted by atomic mass is 127. The van der Waals surface area contributed by atoms with Crippen LogP contribution in [0.3, 0.4) is 0 Å². The van der Waals surface area contributed by atoms with Crippen molar-refractivity contribution in [2.45, 2.75) is 19.1 Å². The zero-order chi connectivity index (χ0) is 19.3. The van der Waals surface area contributed by atoms with E-state index in [1.165, 1.54) is 0 Å². The van der Waals surface area contributed by atoms with Gasteiger partial charge in [0.05, 0.1) is 13.7 Å². The molecule has 0 radical (unpaired) electrons. The molecule has 0 fully saturated rings. The first-order chi connectivity index (χ1) is 13.2. The van der Waals surface area contributed by atoms with Crippen molar-refractivity contribution in [3.05, 3.63) is 65.7 Å². The Kier molecular flexibility index (Phi) is 12.6. The molecule has 0 amide bonds. The predicted octanol–water partition coefficient (Wildman–Crippen LogP) is 3.36. The van der Waals surface area contributed by atoms with Crippen molar-refractivity contribution >= 4 is 40.7 Å². The van der Waals surface area contributed by atoms with Crippen molar-refractivity contribution < 1.29 is 8.95 Å². The second kappa shape index (κ2) is 14.4. The molecular formula is C21H30IN3O2S. The maximum absolute atomic E-state index is 12.2. The van der Waals surface area contributed by atoms with Crippen LogP contribution in [0.2, 0.25) is 0 Å². The minimum Gasteiger partial charge on any atom is -0.496 e. The number of benzene rings is 2. The molecule has 0 aliphatic rings. The van der Waals surface area contributed by atoms with Crippen LogP contribution >= 0.6 is 24.0 Å². The number of rotatable bonds is 10. The Balaban J connectivity index is 0.00000392. The number of hydrogen-bond acceptors (Lipinski definition) is 3. The van der Waals surface area contributed by atoms with Crippen LogP contribution in [0.15, 0.2) is 59.6 Å². The van der Waals surface area contributed by atoms with Gasteiger partial charge in [-0.3, -0.25) is 9.20 Å². The second-order valence-electron chi connectivity index (χ2n) is 6.02. The van der Waals surface area contributed by atoms with Gasteiger partial charge >= 0.3 is 0 Å². The summed E-state index contributed by atoms with van der Waals surface area (Å²) in [6.45, 7) is 4.10. The molecule has 1 atom stereocenters. The van der Waals surface area contributed by atoms with Crippen LogP contribution in [-0.4, -0.2) is 42.7 Å². The van der Waals surface area contributed by atoms with Gasteiger partial charge in [0.25, 0.3) is 0 Å². The molecule has 0 saturated carbocycles. The monoisotopic (exact) mass is 515 g/mol. The molecule has 2 rings (SSSR count). The van der Waals surface area contributed by atoms with E-state index >= 15 is 0 Å². The normalized spacial score (nSPS) is 12.0. The fraction of sp³-hybridized carbons (Fsp3) is 0.381. The van der Waals surface area contributed by atoms with Crippen molar-refractivity contribution in [1.82, 2.24) is 10.6 Å². The first-order valence-corrected chi connectivity index (χ1v) is 10.7. The Hall–Kier alpha value is -1.61. The van der Waals surface area contributed by atoms with Crippen LogP contribution < -0.4 is 15.4 Å². The molecule has 2 aromatic rings. The number of para-hydroxylation sites is 1. The van der Waals surface area contributed by atoms with E-state index < -0.39 is 10.8 Å². The van der Waals surface area contributed by atoms with E-state index in [2.05, 4.69) is 21.7 Å². The quantitative estimate of drug-likeness (QED) is 0.290. The topological polar surface area (TPSA) is 62.7 Å². The standard InChI is InChI=1S/C21H29N3O2S.HI/c1-3-22-21(23-14-13-19-11-7-8-12-20(19)26-2)24-15-16-27(25)17-18-9-5-4-6-10-18;/h4-12H,3,13-17H2,1-2H3,(H2,22,23,24);1H. The van der Waals surface area contributed by atoms with Gasteiger partial charge in [-0.25, -0.2) is 0 Å². The summed E-state index contributed by atoms with van der Waals surface area (Å²) in [5.74, 6) is 2.79. The molecule has 0 aromatic heterocycles. The first-order valence-electron chi connectivity index (χ1n) is 9.26. The van der Waals surface area contributed by atoms with Gasteiger partial charge in [-0.2, -0.15) is 0 Å². The minimum absolute atomic E-state index is 0. The number of halogens is 1. The van der Waals surface area contributed by atoms with Gasteiger partial charge in [0.1, 0.15) is 5.75 Å². The van der Waals surface area contributed by atoms with Gasteiger partial charge in [0.15, 0.2) is 5.96 Å². The lowest BCUT2D eigenvalue weighted by molar-refractivity contribution is 0.409. The van der Waals surface area contributed by atoms with E-state index in [1.54, 1.807) is 7.11 Å². The van der Waals surface area contributed by atoms with Gasteiger partial charge in [0.2, 0.25) is 0 Å². The molecule has 0 bridgehead atoms. The average molecular weight is 515 g/mol. The maximum atomic E-state index is 12.2. The summed E-state index contributed by atoms with van der Waals surface area (Å²) < 4.78 is 17.6. The Labute approximate surface area is 187 Å². The molecule has 2 N–H and O–H groups in total. The van der Waals surface area contributed by atoms with Crippen molar-refractivity contribution in [1.29, 1.82) is 0 Å². The third kappa shape index (κ3) is 9.05. The molecule has 1 unspecified atom stereocenters. The third-order valence-corrected chi connectivity index (χ3v) is 5.28. The zero-order valence-corrected chi connectivity index (χ0v) is 19.7. The molecule has 2 aromatic carbocycles. The van der Waals surface area contributed by atoms with E-state index in [4.69, 9.17) is 4.74 Å². The van der Waals surface area contributed by atoms with Crippen molar-refractivity contribution in [3.8, 4) is 5.75 Å². The molecule has 0 spiro atoms. The number of ether oxygens (including phenoxy) is 1. The van der Waals surface area contributed by atoms with Gasteiger partial charge < -0.3 is 15.4 Å². The van der Waals surface area contributed by atoms with Crippen LogP contribution in [0.25, 0.3) is 0 Å². The highest BCUT2D eigenvalue weighted by molar-refractivity contribution is 14.0. The number of nitrogens with one attached hydrogen (secondary N) is 2. The van der Waals surface area contributed by atoms with Crippen LogP contribution in [0, 0.1) is 0 Å². The number of nitrogens with zero attached hydrogens (tertiary/aromatic N) is 1. The van der Waals surface area contributed by atoms with Gasteiger partial charge in [-0.15, -0.1) is 24.0 Å². The summed E-state index contributed by atoms with van der Waals surface area (Å²) in [6, 6.07) is 17.9. The number of guanidine groups is 1. The molecule has 28 heavy (non-hydrogen) atoms. The number of hydrogen-bond donors (Lipinski definition) is 2. The Morgan fingerprint density at radius 3 is 2.50 bits per heavy atom. The predicted molar refractivity (Wildman–Crippen MR) is 129 cm³/mol. The number of methoxy groups -OCH3 is 1. The van der Waals surface area contributed by atoms with Gasteiger partial charge in [-0.1, -0.05) is 48.5 Å². The summed E-state index contributed by atoms with van der Waals surface area (Å²) in [4.78, 5) is 4.54. The molecule has 0 heterocycles. The largest absolute Gasteiger partial charge is 0.496 e. The first kappa shape index (κ1) is 24.4. The SMILES string of the molecule is CCNC(=NCCS(=O)Cc1ccccc1)NCCc1ccccc1OC.I. The van der Waals surface area contributed by atoms with E-state index in [9.17, 15) is 4.21 Å². The molecule has 0 aliphatic carbocycles. The zero-order valence-electron chi connectivity index (χ0n) is 16.5. The van der Waals surface area contributed by atoms with Crippen LogP contribution in [0.1, 0.15) is 18.1 Å². The van der Waals surface area contributed by atoms with Crippen LogP contribution in [-0.2, 0) is 23.0 Å². The Bertz CT molecular complexity index is 741. The molecular weight excluding hydrogens is 485 g/mol. The van der Waals surface area contributed by atoms with E-state index in [-0.39, 0.29) is 24.0 Å². The summed E-state index contributed by atoms with van der Waals surface area (Å²) in [5, 5.41) is 6.56. The number of aliphatic imine (C=N–C) groups is 1. The minimum atomic E-state index is -0.910. The highest BCUT2D eigenvalue weighted by Gasteiger charge is 2.04. The second-order valence-corrected chi connectivity index (χ2v) is 7.60. The van der Waals surface area contributed by atoms with E-state index in [0.29, 0.717) is 18.1 Å². The summed E-state index contributed by atoms with van der Waals surface area (Å²) in [5.41, 5.74) is 2.26. The molecule has 154 valence electrons. The van der Waals surface area contributed by atoms with Gasteiger partial charge in [0, 0.05) is 35.4 Å². The lowest BCUT2D eigenvalue weighted by atomic mass is 10.1. The van der Waals surface area contributed by atoms with E-state index in [1.807, 2.05) is 55.5 Å². The summed E-state index contributed by atoms with van der Waals surface area (Å²) in [7, 11) is 0.778. The van der Waals surface area contributed by atoms with Gasteiger partial charge in [-0.05, 0) is 30.5 Å². The summed E-state index contributed by atoms with van der Waals surface area (Å²) in [6.07, 6.45) is 0.842. The third-order valence-electron chi connectivity index (χ3n) is 3.98. The molecule has 5 nitrogen and oxygen atoms in total. The van der Waals surface area contributed by atoms with Crippen molar-refractivity contribution in [2.24, 2.45) is 4.99 Å². The van der Waals surface area contributed by atoms with Crippen molar-refractivity contribution in [2.75, 3.05) is 32.5 Å². The fourth-order valence-corrected chi connectivity index (χ4v) is 3.66.